The first-order valence-electron chi connectivity index (χ1n) is 11.6. The zero-order valence-corrected chi connectivity index (χ0v) is 21.0. The van der Waals surface area contributed by atoms with Gasteiger partial charge in [0.15, 0.2) is 5.96 Å². The number of carboxylic acid groups (broad SMARTS) is 2. The largest absolute Gasteiger partial charge is 0.507 e. The number of aliphatic imine (C=N–C) groups is 1. The Kier molecular flexibility index (Phi) is 6.73. The number of pyridine rings is 1. The number of carbonyl (C=O) groups excluding carboxylic acids is 1. The van der Waals surface area contributed by atoms with E-state index in [9.17, 15) is 24.6 Å². The highest BCUT2D eigenvalue weighted by Crippen LogP contribution is 2.27. The molecule has 0 aliphatic rings. The zero-order chi connectivity index (χ0) is 30.1. The first kappa shape index (κ1) is 26.9. The van der Waals surface area contributed by atoms with Crippen LogP contribution in [-0.4, -0.2) is 79.2 Å². The van der Waals surface area contributed by atoms with Crippen LogP contribution in [0.3, 0.4) is 0 Å². The van der Waals surface area contributed by atoms with Crippen molar-refractivity contribution in [3.05, 3.63) is 77.6 Å². The molecule has 3 aromatic heterocycles. The molecule has 0 bridgehead atoms. The lowest BCUT2D eigenvalue weighted by Crippen LogP contribution is -2.24. The van der Waals surface area contributed by atoms with Gasteiger partial charge in [-0.25, -0.2) is 23.9 Å². The lowest BCUT2D eigenvalue weighted by Gasteiger charge is -2.05. The summed E-state index contributed by atoms with van der Waals surface area (Å²) in [6.45, 7) is 0. The van der Waals surface area contributed by atoms with Crippen molar-refractivity contribution in [2.75, 3.05) is 0 Å². The monoisotopic (exact) mass is 570 g/mol. The van der Waals surface area contributed by atoms with E-state index < -0.39 is 35.3 Å². The fourth-order valence-corrected chi connectivity index (χ4v) is 3.80. The Balaban J connectivity index is 1.55. The number of carboxylic acids is 2. The summed E-state index contributed by atoms with van der Waals surface area (Å²) in [5, 5.41) is 54.5. The van der Waals surface area contributed by atoms with E-state index in [-0.39, 0.29) is 39.5 Å². The number of nitrogens with zero attached hydrogens (tertiary/aromatic N) is 8. The summed E-state index contributed by atoms with van der Waals surface area (Å²) in [6.07, 6.45) is 2.86. The van der Waals surface area contributed by atoms with E-state index in [1.54, 1.807) is 0 Å². The Morgan fingerprint density at radius 2 is 1.14 bits per heavy atom. The number of carbonyl (C=O) groups is 3. The fourth-order valence-electron chi connectivity index (χ4n) is 3.80. The number of amides is 1. The number of aromatic nitrogens is 7. The molecular weight excluding hydrogens is 552 g/mol. The maximum atomic E-state index is 12.7. The summed E-state index contributed by atoms with van der Waals surface area (Å²) in [7, 11) is 0. The number of hydrogen-bond donors (Lipinski definition) is 6. The third kappa shape index (κ3) is 5.27. The van der Waals surface area contributed by atoms with Crippen LogP contribution in [0.15, 0.2) is 65.9 Å². The molecule has 0 aliphatic heterocycles. The van der Waals surface area contributed by atoms with E-state index >= 15 is 0 Å². The van der Waals surface area contributed by atoms with E-state index in [1.807, 2.05) is 0 Å². The van der Waals surface area contributed by atoms with E-state index in [2.05, 4.69) is 30.6 Å². The molecule has 2 aromatic carbocycles. The van der Waals surface area contributed by atoms with Crippen LogP contribution in [0.1, 0.15) is 31.1 Å². The van der Waals surface area contributed by atoms with E-state index in [1.165, 1.54) is 70.3 Å². The number of aromatic hydroxyl groups is 2. The average molecular weight is 570 g/mol. The predicted octanol–water partition coefficient (Wildman–Crippen LogP) is 0.798. The fraction of sp³-hybridized carbons (Fsp3) is 0. The third-order valence-electron chi connectivity index (χ3n) is 5.77. The van der Waals surface area contributed by atoms with Crippen LogP contribution in [0.2, 0.25) is 0 Å². The number of aromatic carboxylic acids is 2. The lowest BCUT2D eigenvalue weighted by atomic mass is 10.1. The van der Waals surface area contributed by atoms with Gasteiger partial charge in [-0.1, -0.05) is 10.4 Å². The van der Waals surface area contributed by atoms with Crippen molar-refractivity contribution in [1.82, 2.24) is 35.0 Å². The maximum absolute atomic E-state index is 12.7. The summed E-state index contributed by atoms with van der Waals surface area (Å²) in [6, 6.07) is 10.4. The van der Waals surface area contributed by atoms with Crippen molar-refractivity contribution in [3.63, 3.8) is 0 Å². The molecule has 17 heteroatoms. The van der Waals surface area contributed by atoms with Crippen molar-refractivity contribution < 1.29 is 34.8 Å². The van der Waals surface area contributed by atoms with Gasteiger partial charge >= 0.3 is 11.9 Å². The molecule has 1 amide bonds. The number of phenols is 2. The molecule has 0 saturated carbocycles. The summed E-state index contributed by atoms with van der Waals surface area (Å²) in [5.41, 5.74) is 11.4. The molecule has 3 heterocycles. The maximum Gasteiger partial charge on any atom is 0.339 e. The second-order valence-electron chi connectivity index (χ2n) is 8.58. The minimum Gasteiger partial charge on any atom is -0.507 e. The van der Waals surface area contributed by atoms with Crippen LogP contribution >= 0.6 is 0 Å². The van der Waals surface area contributed by atoms with Crippen LogP contribution in [0.5, 0.6) is 11.5 Å². The average Bonchev–Trinajstić information content (AvgIpc) is 3.63. The Hall–Kier alpha value is -6.65. The second kappa shape index (κ2) is 10.5. The Labute approximate surface area is 233 Å². The normalized spacial score (nSPS) is 10.8. The highest BCUT2D eigenvalue weighted by Gasteiger charge is 2.18. The molecule has 0 aliphatic carbocycles. The molecule has 42 heavy (non-hydrogen) atoms. The number of guanidine groups is 1. The molecule has 210 valence electrons. The van der Waals surface area contributed by atoms with Gasteiger partial charge in [-0.15, -0.1) is 10.2 Å². The van der Waals surface area contributed by atoms with Gasteiger partial charge < -0.3 is 31.9 Å². The molecular formula is C25H18N10O7. The predicted molar refractivity (Wildman–Crippen MR) is 142 cm³/mol. The quantitative estimate of drug-likeness (QED) is 0.117. The number of hydrogen-bond acceptors (Lipinski definition) is 10. The Bertz CT molecular complexity index is 1800. The van der Waals surface area contributed by atoms with Crippen LogP contribution < -0.4 is 11.5 Å². The molecule has 17 nitrogen and oxygen atoms in total. The molecule has 0 atom stereocenters. The van der Waals surface area contributed by atoms with Gasteiger partial charge in [-0.2, -0.15) is 4.99 Å². The van der Waals surface area contributed by atoms with Gasteiger partial charge in [0.05, 0.1) is 35.2 Å². The molecule has 0 spiro atoms. The SMILES string of the molecule is NC(N)=NC(=O)c1cc(-c2cn(-c3ccc(C(=O)O)c(O)c3)nn2)nc(-c2cn(-c3ccc(C(=O)O)c(O)c3)nn2)c1. The molecule has 5 rings (SSSR count). The summed E-state index contributed by atoms with van der Waals surface area (Å²) < 4.78 is 2.52. The van der Waals surface area contributed by atoms with E-state index in [4.69, 9.17) is 21.7 Å². The van der Waals surface area contributed by atoms with Gasteiger partial charge in [0.2, 0.25) is 0 Å². The molecule has 8 N–H and O–H groups in total. The zero-order valence-electron chi connectivity index (χ0n) is 21.0. The molecule has 0 fully saturated rings. The van der Waals surface area contributed by atoms with E-state index in [0.29, 0.717) is 11.4 Å². The minimum absolute atomic E-state index is 0.0133. The van der Waals surface area contributed by atoms with Crippen LogP contribution in [-0.2, 0) is 0 Å². The van der Waals surface area contributed by atoms with Crippen molar-refractivity contribution in [2.45, 2.75) is 0 Å². The molecule has 0 unspecified atom stereocenters. The molecule has 5 aromatic rings. The molecule has 0 saturated heterocycles. The minimum atomic E-state index is -1.30. The van der Waals surface area contributed by atoms with Gasteiger partial charge in [0.25, 0.3) is 5.91 Å². The van der Waals surface area contributed by atoms with Crippen LogP contribution in [0, 0.1) is 0 Å². The number of nitrogens with two attached hydrogens (primary N) is 2. The highest BCUT2D eigenvalue weighted by molar-refractivity contribution is 6.03. The van der Waals surface area contributed by atoms with Crippen molar-refractivity contribution in [2.24, 2.45) is 16.5 Å². The topological polar surface area (TPSA) is 271 Å². The first-order chi connectivity index (χ1) is 20.0. The van der Waals surface area contributed by atoms with Crippen LogP contribution in [0.4, 0.5) is 0 Å². The van der Waals surface area contributed by atoms with Crippen LogP contribution in [0.25, 0.3) is 34.2 Å². The standard InChI is InChI=1S/C25H18N10O7/c26-25(27)29-22(38)11-5-16(18-9-34(32-30-18)12-1-3-14(23(39)40)20(36)7-12)28-17(6-11)19-10-35(33-31-19)13-2-4-15(24(41)42)21(37)8-13/h1-10,36-37H,(H,39,40)(H,41,42)(H4,26,27,29,38). The van der Waals surface area contributed by atoms with Gasteiger partial charge in [0.1, 0.15) is 34.0 Å². The summed E-state index contributed by atoms with van der Waals surface area (Å²) in [4.78, 5) is 43.2. The Morgan fingerprint density at radius 1 is 0.690 bits per heavy atom. The summed E-state index contributed by atoms with van der Waals surface area (Å²) >= 11 is 0. The molecule has 0 radical (unpaired) electrons. The lowest BCUT2D eigenvalue weighted by molar-refractivity contribution is 0.0682. The van der Waals surface area contributed by atoms with Crippen molar-refractivity contribution in [3.8, 4) is 45.6 Å². The summed E-state index contributed by atoms with van der Waals surface area (Å²) in [5.74, 6) is -4.81. The van der Waals surface area contributed by atoms with Gasteiger partial charge in [-0.3, -0.25) is 4.79 Å². The van der Waals surface area contributed by atoms with Crippen molar-refractivity contribution >= 4 is 23.8 Å². The van der Waals surface area contributed by atoms with Gasteiger partial charge in [0, 0.05) is 17.7 Å². The second-order valence-corrected chi connectivity index (χ2v) is 8.58. The van der Waals surface area contributed by atoms with Crippen molar-refractivity contribution in [1.29, 1.82) is 0 Å². The first-order valence-corrected chi connectivity index (χ1v) is 11.6. The third-order valence-corrected chi connectivity index (χ3v) is 5.77. The number of rotatable bonds is 7. The smallest absolute Gasteiger partial charge is 0.339 e. The number of benzene rings is 2. The van der Waals surface area contributed by atoms with Gasteiger partial charge in [-0.05, 0) is 36.4 Å². The van der Waals surface area contributed by atoms with E-state index in [0.717, 1.165) is 0 Å². The Morgan fingerprint density at radius 3 is 1.52 bits per heavy atom. The highest BCUT2D eigenvalue weighted by atomic mass is 16.4.